The van der Waals surface area contributed by atoms with Crippen LogP contribution in [0.5, 0.6) is 0 Å². The minimum absolute atomic E-state index is 0.548. The number of aromatic nitrogens is 2. The number of ether oxygens (including phenoxy) is 1. The number of aliphatic hydroxyl groups excluding tert-OH is 2. The van der Waals surface area contributed by atoms with E-state index in [0.717, 1.165) is 10.6 Å². The molecule has 0 unspecified atom stereocenters. The number of allylic oxidation sites excluding steroid dienone is 2. The van der Waals surface area contributed by atoms with Crippen molar-refractivity contribution in [2.75, 3.05) is 0 Å². The predicted molar refractivity (Wildman–Crippen MR) is 82.3 cm³/mol. The highest BCUT2D eigenvalue weighted by Gasteiger charge is 2.42. The molecule has 9 heteroatoms. The summed E-state index contributed by atoms with van der Waals surface area (Å²) in [6.07, 6.45) is 1.72. The normalized spacial score (nSPS) is 29.0. The quantitative estimate of drug-likeness (QED) is 0.608. The summed E-state index contributed by atoms with van der Waals surface area (Å²) in [6, 6.07) is 1.14. The van der Waals surface area contributed by atoms with Crippen LogP contribution in [0.25, 0.3) is 0 Å². The van der Waals surface area contributed by atoms with Crippen LogP contribution < -0.4 is 11.2 Å². The Morgan fingerprint density at radius 3 is 2.67 bits per heavy atom. The van der Waals surface area contributed by atoms with E-state index in [1.54, 1.807) is 18.2 Å². The Labute approximate surface area is 135 Å². The lowest BCUT2D eigenvalue weighted by atomic mass is 10.1. The average molecular weight is 424 g/mol. The van der Waals surface area contributed by atoms with Crippen LogP contribution >= 0.6 is 31.9 Å². The molecule has 0 spiro atoms. The van der Waals surface area contributed by atoms with Crippen LogP contribution in [0.3, 0.4) is 0 Å². The van der Waals surface area contributed by atoms with Crippen LogP contribution in [0.4, 0.5) is 0 Å². The molecule has 1 fully saturated rings. The molecule has 7 nitrogen and oxygen atoms in total. The molecule has 1 aliphatic rings. The van der Waals surface area contributed by atoms with Crippen molar-refractivity contribution in [2.45, 2.75) is 24.5 Å². The van der Waals surface area contributed by atoms with Crippen molar-refractivity contribution in [3.63, 3.8) is 0 Å². The van der Waals surface area contributed by atoms with E-state index >= 15 is 0 Å². The largest absolute Gasteiger partial charge is 0.387 e. The highest BCUT2D eigenvalue weighted by atomic mass is 79.9. The minimum atomic E-state index is -1.29. The van der Waals surface area contributed by atoms with Gasteiger partial charge >= 0.3 is 5.69 Å². The first-order valence-corrected chi connectivity index (χ1v) is 7.51. The first kappa shape index (κ1) is 16.4. The lowest BCUT2D eigenvalue weighted by Gasteiger charge is -2.16. The standard InChI is InChI=1S/C12H12Br2N2O5/c13-7(14)3-1-2-6-9(18)10(19)11(21-6)16-5-4-8(17)15-12(16)20/h1-6,9-11,18-19H,(H,15,17,20)/b2-1+/t6-,9-,10-,11-/m1/s1. The van der Waals surface area contributed by atoms with Crippen LogP contribution in [0.1, 0.15) is 6.23 Å². The van der Waals surface area contributed by atoms with Gasteiger partial charge in [-0.15, -0.1) is 0 Å². The molecule has 21 heavy (non-hydrogen) atoms. The van der Waals surface area contributed by atoms with E-state index < -0.39 is 35.8 Å². The fourth-order valence-electron chi connectivity index (χ4n) is 1.94. The SMILES string of the molecule is O=c1ccn([C@@H]2O[C@H](/C=C/C=C(Br)Br)[C@@H](O)[C@H]2O)c(=O)[nH]1. The summed E-state index contributed by atoms with van der Waals surface area (Å²) >= 11 is 6.34. The van der Waals surface area contributed by atoms with Gasteiger partial charge in [-0.1, -0.05) is 12.2 Å². The number of nitrogens with one attached hydrogen (secondary N) is 1. The van der Waals surface area contributed by atoms with Crippen molar-refractivity contribution in [1.82, 2.24) is 9.55 Å². The van der Waals surface area contributed by atoms with Crippen molar-refractivity contribution < 1.29 is 14.9 Å². The monoisotopic (exact) mass is 422 g/mol. The summed E-state index contributed by atoms with van der Waals surface area (Å²) in [7, 11) is 0. The molecule has 0 saturated carbocycles. The van der Waals surface area contributed by atoms with Gasteiger partial charge in [0.05, 0.1) is 3.39 Å². The van der Waals surface area contributed by atoms with Crippen molar-refractivity contribution in [3.8, 4) is 0 Å². The molecule has 0 bridgehead atoms. The summed E-state index contributed by atoms with van der Waals surface area (Å²) in [6.45, 7) is 0. The molecular formula is C12H12Br2N2O5. The van der Waals surface area contributed by atoms with Gasteiger partial charge in [0.25, 0.3) is 5.56 Å². The third-order valence-corrected chi connectivity index (χ3v) is 3.45. The van der Waals surface area contributed by atoms with Gasteiger partial charge in [-0.05, 0) is 37.9 Å². The maximum atomic E-state index is 11.7. The fourth-order valence-corrected chi connectivity index (χ4v) is 2.25. The molecule has 1 saturated heterocycles. The third kappa shape index (κ3) is 3.80. The Morgan fingerprint density at radius 2 is 2.05 bits per heavy atom. The maximum Gasteiger partial charge on any atom is 0.330 e. The molecule has 1 aromatic heterocycles. The number of rotatable bonds is 3. The van der Waals surface area contributed by atoms with Gasteiger partial charge in [0, 0.05) is 12.3 Å². The van der Waals surface area contributed by atoms with Gasteiger partial charge < -0.3 is 14.9 Å². The van der Waals surface area contributed by atoms with Crippen LogP contribution in [0.15, 0.2) is 43.5 Å². The number of hydrogen-bond donors (Lipinski definition) is 3. The second-order valence-electron chi connectivity index (χ2n) is 4.33. The van der Waals surface area contributed by atoms with Gasteiger partial charge in [-0.2, -0.15) is 0 Å². The summed E-state index contributed by atoms with van der Waals surface area (Å²) in [5.41, 5.74) is -1.26. The number of H-pyrrole nitrogens is 1. The molecular weight excluding hydrogens is 412 g/mol. The number of halogens is 2. The molecule has 0 aromatic carbocycles. The Hall–Kier alpha value is -1.00. The van der Waals surface area contributed by atoms with Crippen LogP contribution in [0.2, 0.25) is 0 Å². The van der Waals surface area contributed by atoms with Crippen LogP contribution in [-0.2, 0) is 4.74 Å². The van der Waals surface area contributed by atoms with Crippen LogP contribution in [0, 0.1) is 0 Å². The third-order valence-electron chi connectivity index (χ3n) is 2.92. The fraction of sp³-hybridized carbons (Fsp3) is 0.333. The van der Waals surface area contributed by atoms with E-state index in [0.29, 0.717) is 3.39 Å². The second-order valence-corrected chi connectivity index (χ2v) is 7.10. The van der Waals surface area contributed by atoms with Gasteiger partial charge in [0.2, 0.25) is 0 Å². The molecule has 1 aromatic rings. The van der Waals surface area contributed by atoms with Gasteiger partial charge in [0.1, 0.15) is 18.3 Å². The molecule has 4 atom stereocenters. The first-order chi connectivity index (χ1) is 9.90. The summed E-state index contributed by atoms with van der Waals surface area (Å²) in [5.74, 6) is 0. The van der Waals surface area contributed by atoms with Gasteiger partial charge in [-0.25, -0.2) is 4.79 Å². The van der Waals surface area contributed by atoms with Crippen molar-refractivity contribution in [2.24, 2.45) is 0 Å². The van der Waals surface area contributed by atoms with E-state index in [4.69, 9.17) is 4.74 Å². The summed E-state index contributed by atoms with van der Waals surface area (Å²) in [4.78, 5) is 24.8. The molecule has 0 radical (unpaired) electrons. The van der Waals surface area contributed by atoms with Gasteiger partial charge in [0.15, 0.2) is 6.23 Å². The molecule has 0 aliphatic carbocycles. The van der Waals surface area contributed by atoms with Crippen molar-refractivity contribution in [1.29, 1.82) is 0 Å². The number of aliphatic hydroxyl groups is 2. The average Bonchev–Trinajstić information content (AvgIpc) is 2.67. The lowest BCUT2D eigenvalue weighted by Crippen LogP contribution is -2.37. The summed E-state index contributed by atoms with van der Waals surface area (Å²) < 4.78 is 7.20. The zero-order chi connectivity index (χ0) is 15.6. The second kappa shape index (κ2) is 6.84. The molecule has 2 rings (SSSR count). The Kier molecular flexibility index (Phi) is 5.33. The maximum absolute atomic E-state index is 11.7. The Balaban J connectivity index is 2.23. The van der Waals surface area contributed by atoms with E-state index in [1.165, 1.54) is 6.20 Å². The van der Waals surface area contributed by atoms with Gasteiger partial charge in [-0.3, -0.25) is 14.3 Å². The highest BCUT2D eigenvalue weighted by Crippen LogP contribution is 2.29. The zero-order valence-corrected chi connectivity index (χ0v) is 13.7. The van der Waals surface area contributed by atoms with Crippen molar-refractivity contribution >= 4 is 31.9 Å². The molecule has 2 heterocycles. The van der Waals surface area contributed by atoms with E-state index in [1.807, 2.05) is 0 Å². The van der Waals surface area contributed by atoms with Crippen LogP contribution in [-0.4, -0.2) is 38.1 Å². The lowest BCUT2D eigenvalue weighted by molar-refractivity contribution is -0.0297. The smallest absolute Gasteiger partial charge is 0.330 e. The van der Waals surface area contributed by atoms with Crippen molar-refractivity contribution in [3.05, 3.63) is 54.7 Å². The Bertz CT molecular complexity index is 677. The topological polar surface area (TPSA) is 105 Å². The molecule has 114 valence electrons. The minimum Gasteiger partial charge on any atom is -0.387 e. The Morgan fingerprint density at radius 1 is 1.33 bits per heavy atom. The molecule has 0 amide bonds. The highest BCUT2D eigenvalue weighted by molar-refractivity contribution is 9.28. The van der Waals surface area contributed by atoms with E-state index in [2.05, 4.69) is 36.8 Å². The number of aromatic amines is 1. The molecule has 3 N–H and O–H groups in total. The van der Waals surface area contributed by atoms with E-state index in [9.17, 15) is 19.8 Å². The molecule has 1 aliphatic heterocycles. The number of hydrogen-bond acceptors (Lipinski definition) is 5. The predicted octanol–water partition coefficient (Wildman–Crippen LogP) is 0.343. The summed E-state index contributed by atoms with van der Waals surface area (Å²) in [5, 5.41) is 19.9. The first-order valence-electron chi connectivity index (χ1n) is 5.92. The zero-order valence-electron chi connectivity index (χ0n) is 10.5. The number of nitrogens with zero attached hydrogens (tertiary/aromatic N) is 1. The van der Waals surface area contributed by atoms with E-state index in [-0.39, 0.29) is 0 Å².